The number of nitrogens with zero attached hydrogens (tertiary/aromatic N) is 2. The lowest BCUT2D eigenvalue weighted by atomic mass is 9.88. The maximum atomic E-state index is 13.1. The Kier molecular flexibility index (Phi) is 7.22. The van der Waals surface area contributed by atoms with Gasteiger partial charge < -0.3 is 15.0 Å². The minimum absolute atomic E-state index is 0.0307. The van der Waals surface area contributed by atoms with Crippen molar-refractivity contribution < 1.29 is 14.3 Å². The molecule has 2 amide bonds. The predicted molar refractivity (Wildman–Crippen MR) is 137 cm³/mol. The van der Waals surface area contributed by atoms with E-state index < -0.39 is 11.7 Å². The first-order chi connectivity index (χ1) is 16.2. The molecule has 0 spiro atoms. The first-order valence-corrected chi connectivity index (χ1v) is 12.4. The summed E-state index contributed by atoms with van der Waals surface area (Å²) in [5.74, 6) is 0.416. The van der Waals surface area contributed by atoms with E-state index in [2.05, 4.69) is 38.4 Å². The molecule has 0 unspecified atom stereocenters. The third-order valence-electron chi connectivity index (χ3n) is 5.95. The molecule has 4 rings (SSSR count). The van der Waals surface area contributed by atoms with E-state index in [-0.39, 0.29) is 5.91 Å². The third-order valence-corrected chi connectivity index (χ3v) is 6.59. The number of hydrogen-bond donors (Lipinski definition) is 1. The van der Waals surface area contributed by atoms with Gasteiger partial charge in [0.25, 0.3) is 5.91 Å². The third kappa shape index (κ3) is 5.95. The summed E-state index contributed by atoms with van der Waals surface area (Å²) in [4.78, 5) is 31.4. The highest BCUT2D eigenvalue weighted by Crippen LogP contribution is 2.30. The van der Waals surface area contributed by atoms with Gasteiger partial charge in [-0.25, -0.2) is 4.79 Å². The van der Waals surface area contributed by atoms with Gasteiger partial charge in [-0.2, -0.15) is 0 Å². The van der Waals surface area contributed by atoms with Crippen molar-refractivity contribution in [2.75, 3.05) is 13.1 Å². The van der Waals surface area contributed by atoms with Crippen LogP contribution in [0.4, 0.5) is 4.79 Å². The van der Waals surface area contributed by atoms with Crippen LogP contribution in [0.25, 0.3) is 10.9 Å². The van der Waals surface area contributed by atoms with Crippen LogP contribution >= 0.6 is 15.9 Å². The number of nitrogens with one attached hydrogen (secondary N) is 1. The standard InChI is InChI=1S/C27H30BrN3O3/c1-27(2,3)34-26(33)30-16-18-6-4-7-20(14-18)19-10-12-31(13-11-19)25(32)22-15-21-8-5-9-23(28)24(21)29-17-22/h4-9,14-15,17,19H,10-13,16H2,1-3H3,(H,30,33). The molecular formula is C27H30BrN3O3. The molecule has 1 N–H and O–H groups in total. The van der Waals surface area contributed by atoms with Crippen molar-refractivity contribution in [1.29, 1.82) is 0 Å². The fourth-order valence-corrected chi connectivity index (χ4v) is 4.77. The molecule has 0 aliphatic carbocycles. The number of fused-ring (bicyclic) bond motifs is 1. The molecular weight excluding hydrogens is 494 g/mol. The van der Waals surface area contributed by atoms with Crippen molar-refractivity contribution in [3.05, 3.63) is 75.9 Å². The van der Waals surface area contributed by atoms with Crippen molar-refractivity contribution in [3.63, 3.8) is 0 Å². The smallest absolute Gasteiger partial charge is 0.407 e. The quantitative estimate of drug-likeness (QED) is 0.452. The number of para-hydroxylation sites is 1. The molecule has 0 saturated carbocycles. The van der Waals surface area contributed by atoms with Gasteiger partial charge in [0.15, 0.2) is 0 Å². The number of benzene rings is 2. The van der Waals surface area contributed by atoms with Crippen LogP contribution in [-0.2, 0) is 11.3 Å². The molecule has 1 saturated heterocycles. The molecule has 34 heavy (non-hydrogen) atoms. The summed E-state index contributed by atoms with van der Waals surface area (Å²) in [6.45, 7) is 7.38. The number of pyridine rings is 1. The predicted octanol–water partition coefficient (Wildman–Crippen LogP) is 6.04. The molecule has 0 bridgehead atoms. The van der Waals surface area contributed by atoms with Crippen LogP contribution in [0.5, 0.6) is 0 Å². The number of rotatable bonds is 4. The molecule has 0 atom stereocenters. The summed E-state index contributed by atoms with van der Waals surface area (Å²) in [6.07, 6.45) is 3.06. The van der Waals surface area contributed by atoms with Crippen LogP contribution in [0.2, 0.25) is 0 Å². The van der Waals surface area contributed by atoms with E-state index in [1.54, 1.807) is 6.20 Å². The van der Waals surface area contributed by atoms with Crippen LogP contribution in [-0.4, -0.2) is 40.6 Å². The largest absolute Gasteiger partial charge is 0.444 e. The van der Waals surface area contributed by atoms with Crippen molar-refractivity contribution in [1.82, 2.24) is 15.2 Å². The normalized spacial score (nSPS) is 14.8. The second-order valence-electron chi connectivity index (χ2n) is 9.70. The maximum absolute atomic E-state index is 13.1. The number of likely N-dealkylation sites (tertiary alicyclic amines) is 1. The molecule has 0 radical (unpaired) electrons. The Balaban J connectivity index is 1.35. The molecule has 1 aliphatic heterocycles. The van der Waals surface area contributed by atoms with Gasteiger partial charge in [0.1, 0.15) is 5.60 Å². The highest BCUT2D eigenvalue weighted by molar-refractivity contribution is 9.10. The number of carbonyl (C=O) groups is 2. The van der Waals surface area contributed by atoms with E-state index in [0.717, 1.165) is 33.8 Å². The number of hydrogen-bond acceptors (Lipinski definition) is 4. The molecule has 1 fully saturated rings. The first-order valence-electron chi connectivity index (χ1n) is 11.6. The number of amides is 2. The average molecular weight is 524 g/mol. The van der Waals surface area contributed by atoms with E-state index in [1.807, 2.05) is 62.1 Å². The molecule has 2 heterocycles. The van der Waals surface area contributed by atoms with Gasteiger partial charge in [0, 0.05) is 35.7 Å². The SMILES string of the molecule is CC(C)(C)OC(=O)NCc1cccc(C2CCN(C(=O)c3cnc4c(Br)cccc4c3)CC2)c1. The molecule has 178 valence electrons. The Morgan fingerprint density at radius 1 is 1.12 bits per heavy atom. The van der Waals surface area contributed by atoms with Gasteiger partial charge in [0.2, 0.25) is 0 Å². The molecule has 7 heteroatoms. The Morgan fingerprint density at radius 3 is 2.59 bits per heavy atom. The molecule has 1 aromatic heterocycles. The zero-order valence-corrected chi connectivity index (χ0v) is 21.4. The van der Waals surface area contributed by atoms with Crippen molar-refractivity contribution in [2.24, 2.45) is 0 Å². The summed E-state index contributed by atoms with van der Waals surface area (Å²) >= 11 is 3.51. The Hall–Kier alpha value is -2.93. The van der Waals surface area contributed by atoms with E-state index in [1.165, 1.54) is 5.56 Å². The van der Waals surface area contributed by atoms with Crippen LogP contribution in [0.1, 0.15) is 61.0 Å². The monoisotopic (exact) mass is 523 g/mol. The Morgan fingerprint density at radius 2 is 1.85 bits per heavy atom. The Bertz CT molecular complexity index is 1200. The van der Waals surface area contributed by atoms with Gasteiger partial charge in [-0.3, -0.25) is 9.78 Å². The summed E-state index contributed by atoms with van der Waals surface area (Å²) in [5.41, 5.74) is 3.25. The topological polar surface area (TPSA) is 71.5 Å². The van der Waals surface area contributed by atoms with E-state index in [9.17, 15) is 9.59 Å². The minimum atomic E-state index is -0.517. The average Bonchev–Trinajstić information content (AvgIpc) is 2.81. The fraction of sp³-hybridized carbons (Fsp3) is 0.370. The van der Waals surface area contributed by atoms with Crippen LogP contribution < -0.4 is 5.32 Å². The number of halogens is 1. The molecule has 6 nitrogen and oxygen atoms in total. The van der Waals surface area contributed by atoms with Gasteiger partial charge in [0.05, 0.1) is 11.1 Å². The Labute approximate surface area is 208 Å². The highest BCUT2D eigenvalue weighted by Gasteiger charge is 2.25. The van der Waals surface area contributed by atoms with E-state index >= 15 is 0 Å². The number of aromatic nitrogens is 1. The summed E-state index contributed by atoms with van der Waals surface area (Å²) in [7, 11) is 0. The van der Waals surface area contributed by atoms with E-state index in [4.69, 9.17) is 4.74 Å². The lowest BCUT2D eigenvalue weighted by Crippen LogP contribution is -2.38. The van der Waals surface area contributed by atoms with Gasteiger partial charge >= 0.3 is 6.09 Å². The lowest BCUT2D eigenvalue weighted by molar-refractivity contribution is 0.0523. The van der Waals surface area contributed by atoms with Crippen molar-refractivity contribution in [2.45, 2.75) is 51.7 Å². The minimum Gasteiger partial charge on any atom is -0.444 e. The molecule has 1 aliphatic rings. The van der Waals surface area contributed by atoms with Crippen molar-refractivity contribution in [3.8, 4) is 0 Å². The zero-order chi connectivity index (χ0) is 24.3. The number of ether oxygens (including phenoxy) is 1. The summed E-state index contributed by atoms with van der Waals surface area (Å²) in [6, 6.07) is 16.1. The van der Waals surface area contributed by atoms with Gasteiger partial charge in [-0.1, -0.05) is 36.4 Å². The second kappa shape index (κ2) is 10.1. The number of carbonyl (C=O) groups excluding carboxylic acids is 2. The maximum Gasteiger partial charge on any atom is 0.407 e. The van der Waals surface area contributed by atoms with E-state index in [0.29, 0.717) is 31.1 Å². The van der Waals surface area contributed by atoms with Crippen LogP contribution in [0, 0.1) is 0 Å². The summed E-state index contributed by atoms with van der Waals surface area (Å²) in [5, 5.41) is 3.77. The zero-order valence-electron chi connectivity index (χ0n) is 19.8. The molecule has 3 aromatic rings. The summed E-state index contributed by atoms with van der Waals surface area (Å²) < 4.78 is 6.24. The van der Waals surface area contributed by atoms with Crippen LogP contribution in [0.15, 0.2) is 59.2 Å². The van der Waals surface area contributed by atoms with Gasteiger partial charge in [-0.15, -0.1) is 0 Å². The second-order valence-corrected chi connectivity index (χ2v) is 10.6. The molecule has 2 aromatic carbocycles. The van der Waals surface area contributed by atoms with Gasteiger partial charge in [-0.05, 0) is 78.7 Å². The number of piperidine rings is 1. The highest BCUT2D eigenvalue weighted by atomic mass is 79.9. The number of alkyl carbamates (subject to hydrolysis) is 1. The first kappa shape index (κ1) is 24.2. The fourth-order valence-electron chi connectivity index (χ4n) is 4.28. The van der Waals surface area contributed by atoms with Crippen LogP contribution in [0.3, 0.4) is 0 Å². The van der Waals surface area contributed by atoms with Crippen molar-refractivity contribution >= 4 is 38.8 Å². The lowest BCUT2D eigenvalue weighted by Gasteiger charge is -2.32.